The molecule has 0 aromatic carbocycles. The number of aliphatic hydroxyl groups excluding tert-OH is 1. The second-order valence-electron chi connectivity index (χ2n) is 9.89. The van der Waals surface area contributed by atoms with E-state index >= 15 is 0 Å². The van der Waals surface area contributed by atoms with E-state index in [1.54, 1.807) is 5.57 Å². The Morgan fingerprint density at radius 1 is 1.07 bits per heavy atom. The second-order valence-corrected chi connectivity index (χ2v) is 9.89. The van der Waals surface area contributed by atoms with Gasteiger partial charge in [0.25, 0.3) is 0 Å². The maximum absolute atomic E-state index is 10.1. The first kappa shape index (κ1) is 19.5. The molecule has 150 valence electrons. The number of fused-ring (bicyclic) bond motifs is 1. The highest BCUT2D eigenvalue weighted by Gasteiger charge is 2.48. The van der Waals surface area contributed by atoms with E-state index in [9.17, 15) is 5.11 Å². The minimum atomic E-state index is -0.318. The van der Waals surface area contributed by atoms with Gasteiger partial charge in [-0.05, 0) is 119 Å². The fraction of sp³-hybridized carbons (Fsp3) is 0.760. The van der Waals surface area contributed by atoms with Crippen LogP contribution in [0.1, 0.15) is 77.6 Å². The highest BCUT2D eigenvalue weighted by molar-refractivity contribution is 5.37. The van der Waals surface area contributed by atoms with Crippen LogP contribution in [-0.4, -0.2) is 35.7 Å². The van der Waals surface area contributed by atoms with Crippen LogP contribution in [0.15, 0.2) is 35.5 Å². The molecule has 4 atom stereocenters. The molecule has 0 amide bonds. The molecule has 0 radical (unpaired) electrons. The molecular formula is C25H39NO. The van der Waals surface area contributed by atoms with Crippen molar-refractivity contribution in [3.8, 4) is 0 Å². The lowest BCUT2D eigenvalue weighted by atomic mass is 9.63. The van der Waals surface area contributed by atoms with Crippen molar-refractivity contribution in [2.24, 2.45) is 17.3 Å². The number of allylic oxidation sites excluding steroid dienone is 3. The summed E-state index contributed by atoms with van der Waals surface area (Å²) in [6.07, 6.45) is 18.6. The van der Waals surface area contributed by atoms with E-state index in [0.717, 1.165) is 36.7 Å². The van der Waals surface area contributed by atoms with E-state index in [4.69, 9.17) is 0 Å². The molecule has 2 heteroatoms. The predicted molar refractivity (Wildman–Crippen MR) is 114 cm³/mol. The van der Waals surface area contributed by atoms with Crippen molar-refractivity contribution in [2.75, 3.05) is 19.6 Å². The number of rotatable bonds is 4. The van der Waals surface area contributed by atoms with E-state index in [0.29, 0.717) is 5.41 Å². The Labute approximate surface area is 166 Å². The average Bonchev–Trinajstić information content (AvgIpc) is 3.28. The third kappa shape index (κ3) is 3.98. The van der Waals surface area contributed by atoms with Crippen LogP contribution in [0.25, 0.3) is 0 Å². The van der Waals surface area contributed by atoms with Crippen molar-refractivity contribution in [1.82, 2.24) is 4.90 Å². The summed E-state index contributed by atoms with van der Waals surface area (Å²) in [5, 5.41) is 10.1. The molecule has 1 saturated heterocycles. The maximum Gasteiger partial charge on any atom is 0.0787 e. The lowest BCUT2D eigenvalue weighted by Crippen LogP contribution is -2.35. The Hall–Kier alpha value is -0.860. The zero-order chi connectivity index (χ0) is 18.9. The van der Waals surface area contributed by atoms with Gasteiger partial charge in [0.15, 0.2) is 0 Å². The van der Waals surface area contributed by atoms with Gasteiger partial charge in [-0.15, -0.1) is 0 Å². The Morgan fingerprint density at radius 3 is 2.70 bits per heavy atom. The van der Waals surface area contributed by atoms with Crippen LogP contribution in [0.5, 0.6) is 0 Å². The molecule has 0 aromatic rings. The summed E-state index contributed by atoms with van der Waals surface area (Å²) in [5.41, 5.74) is 4.46. The van der Waals surface area contributed by atoms with Crippen LogP contribution < -0.4 is 0 Å². The van der Waals surface area contributed by atoms with Crippen LogP contribution in [0, 0.1) is 17.3 Å². The topological polar surface area (TPSA) is 23.5 Å². The van der Waals surface area contributed by atoms with Crippen LogP contribution in [0.2, 0.25) is 0 Å². The van der Waals surface area contributed by atoms with E-state index in [2.05, 4.69) is 30.6 Å². The SMILES string of the molecule is C=C1/C(=C\C=C2/CCCC3(C)C2CC[C@@H]3CCN2CCCC2)CCCC1O. The van der Waals surface area contributed by atoms with Crippen molar-refractivity contribution in [3.63, 3.8) is 0 Å². The van der Waals surface area contributed by atoms with Crippen molar-refractivity contribution in [1.29, 1.82) is 0 Å². The molecule has 0 aromatic heterocycles. The van der Waals surface area contributed by atoms with Gasteiger partial charge in [-0.25, -0.2) is 0 Å². The smallest absolute Gasteiger partial charge is 0.0787 e. The van der Waals surface area contributed by atoms with E-state index in [1.807, 2.05) is 0 Å². The third-order valence-corrected chi connectivity index (χ3v) is 8.39. The molecule has 4 rings (SSSR count). The van der Waals surface area contributed by atoms with Gasteiger partial charge in [0.05, 0.1) is 6.10 Å². The van der Waals surface area contributed by atoms with Gasteiger partial charge in [-0.2, -0.15) is 0 Å². The highest BCUT2D eigenvalue weighted by atomic mass is 16.3. The molecule has 0 bridgehead atoms. The number of likely N-dealkylation sites (tertiary alicyclic amines) is 1. The molecular weight excluding hydrogens is 330 g/mol. The predicted octanol–water partition coefficient (Wildman–Crippen LogP) is 5.64. The average molecular weight is 370 g/mol. The van der Waals surface area contributed by atoms with Crippen LogP contribution in [-0.2, 0) is 0 Å². The molecule has 2 nitrogen and oxygen atoms in total. The van der Waals surface area contributed by atoms with Gasteiger partial charge in [-0.3, -0.25) is 0 Å². The first-order chi connectivity index (χ1) is 13.1. The van der Waals surface area contributed by atoms with Crippen LogP contribution in [0.4, 0.5) is 0 Å². The first-order valence-corrected chi connectivity index (χ1v) is 11.6. The van der Waals surface area contributed by atoms with Gasteiger partial charge in [0.2, 0.25) is 0 Å². The Bertz CT molecular complexity index is 612. The summed E-state index contributed by atoms with van der Waals surface area (Å²) in [7, 11) is 0. The van der Waals surface area contributed by atoms with Gasteiger partial charge >= 0.3 is 0 Å². The zero-order valence-electron chi connectivity index (χ0n) is 17.4. The lowest BCUT2D eigenvalue weighted by molar-refractivity contribution is 0.120. The van der Waals surface area contributed by atoms with Crippen LogP contribution >= 0.6 is 0 Å². The molecule has 4 fully saturated rings. The normalized spacial score (nSPS) is 40.8. The summed E-state index contributed by atoms with van der Waals surface area (Å²) >= 11 is 0. The fourth-order valence-corrected chi connectivity index (χ4v) is 6.60. The third-order valence-electron chi connectivity index (χ3n) is 8.39. The molecule has 3 saturated carbocycles. The monoisotopic (exact) mass is 369 g/mol. The van der Waals surface area contributed by atoms with Gasteiger partial charge in [0.1, 0.15) is 0 Å². The molecule has 1 N–H and O–H groups in total. The second kappa shape index (κ2) is 8.25. The quantitative estimate of drug-likeness (QED) is 0.693. The van der Waals surface area contributed by atoms with Gasteiger partial charge in [0, 0.05) is 0 Å². The molecule has 0 spiro atoms. The van der Waals surface area contributed by atoms with Crippen molar-refractivity contribution in [3.05, 3.63) is 35.5 Å². The number of hydrogen-bond donors (Lipinski definition) is 1. The summed E-state index contributed by atoms with van der Waals surface area (Å²) in [6.45, 7) is 10.7. The van der Waals surface area contributed by atoms with Crippen molar-refractivity contribution < 1.29 is 5.11 Å². The highest BCUT2D eigenvalue weighted by Crippen LogP contribution is 2.58. The van der Waals surface area contributed by atoms with Crippen LogP contribution in [0.3, 0.4) is 0 Å². The molecule has 1 aliphatic heterocycles. The Morgan fingerprint density at radius 2 is 1.89 bits per heavy atom. The van der Waals surface area contributed by atoms with Gasteiger partial charge in [-0.1, -0.05) is 31.2 Å². The largest absolute Gasteiger partial charge is 0.388 e. The van der Waals surface area contributed by atoms with Crippen molar-refractivity contribution in [2.45, 2.75) is 83.7 Å². The molecule has 3 aliphatic carbocycles. The summed E-state index contributed by atoms with van der Waals surface area (Å²) in [4.78, 5) is 2.70. The van der Waals surface area contributed by atoms with Gasteiger partial charge < -0.3 is 10.0 Å². The first-order valence-electron chi connectivity index (χ1n) is 11.6. The zero-order valence-corrected chi connectivity index (χ0v) is 17.4. The summed E-state index contributed by atoms with van der Waals surface area (Å²) in [5.74, 6) is 1.69. The molecule has 3 unspecified atom stereocenters. The molecule has 4 aliphatic rings. The molecule has 1 heterocycles. The number of hydrogen-bond acceptors (Lipinski definition) is 2. The maximum atomic E-state index is 10.1. The number of nitrogens with zero attached hydrogens (tertiary/aromatic N) is 1. The minimum Gasteiger partial charge on any atom is -0.388 e. The fourth-order valence-electron chi connectivity index (χ4n) is 6.60. The Balaban J connectivity index is 1.44. The Kier molecular flexibility index (Phi) is 5.94. The summed E-state index contributed by atoms with van der Waals surface area (Å²) in [6, 6.07) is 0. The lowest BCUT2D eigenvalue weighted by Gasteiger charge is -2.43. The minimum absolute atomic E-state index is 0.318. The number of aliphatic hydroxyl groups is 1. The van der Waals surface area contributed by atoms with E-state index in [1.165, 1.54) is 76.6 Å². The standard InChI is InChI=1S/C25H39NO/c1-19-20(7-5-9-24(19)27)10-11-21-8-6-15-25(2)22(12-13-23(21)25)14-18-26-16-3-4-17-26/h10-11,22-24,27H,1,3-9,12-18H2,2H3/b20-10-,21-11+/t22-,23?,24?,25?/m1/s1. The molecule has 27 heavy (non-hydrogen) atoms. The van der Waals surface area contributed by atoms with E-state index in [-0.39, 0.29) is 6.10 Å². The summed E-state index contributed by atoms with van der Waals surface area (Å²) < 4.78 is 0. The van der Waals surface area contributed by atoms with E-state index < -0.39 is 0 Å². The van der Waals surface area contributed by atoms with Crippen molar-refractivity contribution >= 4 is 0 Å².